The molecule has 0 aliphatic heterocycles. The van der Waals surface area contributed by atoms with Gasteiger partial charge in [0.2, 0.25) is 0 Å². The summed E-state index contributed by atoms with van der Waals surface area (Å²) in [5.41, 5.74) is 3.01. The average Bonchev–Trinajstić information content (AvgIpc) is 3.69. The molecular weight excluding hydrogens is 460 g/mol. The van der Waals surface area contributed by atoms with Crippen molar-refractivity contribution in [3.63, 3.8) is 0 Å². The molecule has 1 aromatic heterocycles. The average molecular weight is 494 g/mol. The quantitative estimate of drug-likeness (QED) is 0.362. The van der Waals surface area contributed by atoms with Crippen LogP contribution in [-0.4, -0.2) is 55.9 Å². The number of benzene rings is 1. The van der Waals surface area contributed by atoms with Crippen LogP contribution in [0.15, 0.2) is 36.4 Å². The van der Waals surface area contributed by atoms with Crippen LogP contribution in [0.4, 0.5) is 20.2 Å². The Balaban J connectivity index is 1.53. The van der Waals surface area contributed by atoms with Gasteiger partial charge in [-0.3, -0.25) is 4.79 Å². The molecule has 2 aromatic rings. The third-order valence-corrected chi connectivity index (χ3v) is 7.30. The van der Waals surface area contributed by atoms with Crippen molar-refractivity contribution in [2.24, 2.45) is 5.92 Å². The normalized spacial score (nSPS) is 19.9. The maximum Gasteiger partial charge on any atom is 0.144 e. The molecular formula is C28H33F2N5O. The largest absolute Gasteiger partial charge is 0.376 e. The van der Waals surface area contributed by atoms with Gasteiger partial charge in [0.05, 0.1) is 11.4 Å². The molecule has 0 spiro atoms. The van der Waals surface area contributed by atoms with E-state index in [0.29, 0.717) is 28.7 Å². The van der Waals surface area contributed by atoms with Crippen LogP contribution in [0.5, 0.6) is 0 Å². The Morgan fingerprint density at radius 3 is 2.22 bits per heavy atom. The molecule has 1 aromatic carbocycles. The molecule has 0 unspecified atom stereocenters. The Kier molecular flexibility index (Phi) is 7.88. The first kappa shape index (κ1) is 25.6. The number of hydrogen-bond acceptors (Lipinski definition) is 6. The van der Waals surface area contributed by atoms with Gasteiger partial charge in [0.15, 0.2) is 0 Å². The number of aromatic nitrogens is 1. The van der Waals surface area contributed by atoms with Crippen LogP contribution in [0.2, 0.25) is 0 Å². The van der Waals surface area contributed by atoms with Crippen molar-refractivity contribution < 1.29 is 13.6 Å². The smallest absolute Gasteiger partial charge is 0.144 e. The fourth-order valence-corrected chi connectivity index (χ4v) is 5.19. The topological polar surface area (TPSA) is 63.5 Å². The monoisotopic (exact) mass is 493 g/mol. The summed E-state index contributed by atoms with van der Waals surface area (Å²) in [6.45, 7) is 0.821. The number of nitrogens with zero attached hydrogens (tertiary/aromatic N) is 5. The molecule has 2 aliphatic carbocycles. The second-order valence-corrected chi connectivity index (χ2v) is 10.1. The number of rotatable bonds is 9. The lowest BCUT2D eigenvalue weighted by Gasteiger charge is -2.42. The predicted molar refractivity (Wildman–Crippen MR) is 138 cm³/mol. The first-order valence-electron chi connectivity index (χ1n) is 12.5. The van der Waals surface area contributed by atoms with Gasteiger partial charge in [0.1, 0.15) is 35.4 Å². The van der Waals surface area contributed by atoms with E-state index < -0.39 is 11.6 Å². The maximum atomic E-state index is 14.0. The summed E-state index contributed by atoms with van der Waals surface area (Å²) >= 11 is 0. The Bertz CT molecular complexity index is 1140. The minimum Gasteiger partial charge on any atom is -0.376 e. The lowest BCUT2D eigenvalue weighted by atomic mass is 9.88. The molecule has 190 valence electrons. The van der Waals surface area contributed by atoms with Crippen molar-refractivity contribution in [2.45, 2.75) is 50.6 Å². The molecule has 0 amide bonds. The van der Waals surface area contributed by atoms with E-state index >= 15 is 0 Å². The van der Waals surface area contributed by atoms with Crippen LogP contribution < -0.4 is 9.80 Å². The van der Waals surface area contributed by atoms with Crippen molar-refractivity contribution in [1.29, 1.82) is 5.26 Å². The van der Waals surface area contributed by atoms with Crippen molar-refractivity contribution in [2.75, 3.05) is 37.5 Å². The fraction of sp³-hybridized carbons (Fsp3) is 0.464. The van der Waals surface area contributed by atoms with Gasteiger partial charge in [-0.1, -0.05) is 0 Å². The SMILES string of the molecule is CN(C)c1ccc(C#N)nc1/C(=C\C=O)N(C)C1CCC(N(CC2CC2)c2cc(F)cc(F)c2)CC1. The van der Waals surface area contributed by atoms with E-state index in [4.69, 9.17) is 0 Å². The number of pyridine rings is 1. The van der Waals surface area contributed by atoms with Gasteiger partial charge in [-0.15, -0.1) is 0 Å². The highest BCUT2D eigenvalue weighted by Crippen LogP contribution is 2.37. The zero-order valence-electron chi connectivity index (χ0n) is 21.1. The highest BCUT2D eigenvalue weighted by molar-refractivity contribution is 5.84. The summed E-state index contributed by atoms with van der Waals surface area (Å²) in [4.78, 5) is 22.3. The van der Waals surface area contributed by atoms with E-state index in [9.17, 15) is 18.8 Å². The lowest BCUT2D eigenvalue weighted by molar-refractivity contribution is -0.104. The molecule has 0 radical (unpaired) electrons. The van der Waals surface area contributed by atoms with E-state index in [2.05, 4.69) is 20.9 Å². The first-order chi connectivity index (χ1) is 17.3. The Morgan fingerprint density at radius 1 is 1.03 bits per heavy atom. The fourth-order valence-electron chi connectivity index (χ4n) is 5.19. The van der Waals surface area contributed by atoms with Gasteiger partial charge < -0.3 is 14.7 Å². The summed E-state index contributed by atoms with van der Waals surface area (Å²) in [6.07, 6.45) is 8.08. The number of anilines is 2. The van der Waals surface area contributed by atoms with Gasteiger partial charge in [0, 0.05) is 57.6 Å². The summed E-state index contributed by atoms with van der Waals surface area (Å²) < 4.78 is 28.0. The number of nitriles is 1. The Hall–Kier alpha value is -3.47. The summed E-state index contributed by atoms with van der Waals surface area (Å²) in [6, 6.07) is 9.77. The third kappa shape index (κ3) is 5.84. The molecule has 6 nitrogen and oxygen atoms in total. The minimum absolute atomic E-state index is 0.169. The third-order valence-electron chi connectivity index (χ3n) is 7.30. The molecule has 4 rings (SSSR count). The van der Waals surface area contributed by atoms with Crippen molar-refractivity contribution >= 4 is 23.4 Å². The number of halogens is 2. The van der Waals surface area contributed by atoms with Crippen LogP contribution in [-0.2, 0) is 4.79 Å². The Labute approximate surface area is 211 Å². The number of carbonyl (C=O) groups is 1. The molecule has 2 fully saturated rings. The molecule has 2 aliphatic rings. The van der Waals surface area contributed by atoms with Crippen molar-refractivity contribution in [3.8, 4) is 6.07 Å². The molecule has 0 saturated heterocycles. The number of aldehydes is 1. The predicted octanol–water partition coefficient (Wildman–Crippen LogP) is 5.00. The number of hydrogen-bond donors (Lipinski definition) is 0. The Morgan fingerprint density at radius 2 is 1.67 bits per heavy atom. The lowest BCUT2D eigenvalue weighted by Crippen LogP contribution is -2.43. The van der Waals surface area contributed by atoms with Gasteiger partial charge in [-0.05, 0) is 68.7 Å². The number of allylic oxidation sites excluding steroid dienone is 1. The van der Waals surface area contributed by atoms with Gasteiger partial charge in [0.25, 0.3) is 0 Å². The summed E-state index contributed by atoms with van der Waals surface area (Å²) in [5.74, 6) is -0.514. The summed E-state index contributed by atoms with van der Waals surface area (Å²) in [5, 5.41) is 9.39. The van der Waals surface area contributed by atoms with Crippen LogP contribution >= 0.6 is 0 Å². The standard InChI is InChI=1S/C28H33F2N5O/c1-33(2)26-11-6-22(17-31)32-28(26)27(12-13-36)34(3)23-7-9-24(10-8-23)35(18-19-4-5-19)25-15-20(29)14-21(30)16-25/h6,11-16,19,23-24H,4-5,7-10,18H2,1-3H3/b27-12+. The van der Waals surface area contributed by atoms with E-state index in [0.717, 1.165) is 63.1 Å². The van der Waals surface area contributed by atoms with Crippen molar-refractivity contribution in [3.05, 3.63) is 59.4 Å². The zero-order valence-corrected chi connectivity index (χ0v) is 21.1. The molecule has 0 N–H and O–H groups in total. The highest BCUT2D eigenvalue weighted by Gasteiger charge is 2.33. The van der Waals surface area contributed by atoms with Crippen LogP contribution in [0.1, 0.15) is 49.9 Å². The minimum atomic E-state index is -0.549. The van der Waals surface area contributed by atoms with Crippen LogP contribution in [0.3, 0.4) is 0 Å². The molecule has 36 heavy (non-hydrogen) atoms. The molecule has 1 heterocycles. The van der Waals surface area contributed by atoms with Gasteiger partial charge in [-0.25, -0.2) is 13.8 Å². The second kappa shape index (κ2) is 11.1. The van der Waals surface area contributed by atoms with E-state index in [1.807, 2.05) is 32.1 Å². The van der Waals surface area contributed by atoms with E-state index in [1.54, 1.807) is 6.07 Å². The molecule has 0 atom stereocenters. The van der Waals surface area contributed by atoms with Crippen molar-refractivity contribution in [1.82, 2.24) is 9.88 Å². The zero-order chi connectivity index (χ0) is 25.8. The van der Waals surface area contributed by atoms with E-state index in [-0.39, 0.29) is 12.1 Å². The molecule has 8 heteroatoms. The number of carbonyl (C=O) groups excluding carboxylic acids is 1. The van der Waals surface area contributed by atoms with Gasteiger partial charge in [-0.2, -0.15) is 5.26 Å². The summed E-state index contributed by atoms with van der Waals surface area (Å²) in [7, 11) is 5.77. The van der Waals surface area contributed by atoms with Gasteiger partial charge >= 0.3 is 0 Å². The highest BCUT2D eigenvalue weighted by atomic mass is 19.1. The molecule has 0 bridgehead atoms. The van der Waals surface area contributed by atoms with E-state index in [1.165, 1.54) is 18.2 Å². The second-order valence-electron chi connectivity index (χ2n) is 10.1. The molecule has 2 saturated carbocycles. The van der Waals surface area contributed by atoms with Crippen LogP contribution in [0.25, 0.3) is 5.70 Å². The van der Waals surface area contributed by atoms with Crippen LogP contribution in [0, 0.1) is 28.9 Å². The maximum absolute atomic E-state index is 14.0. The first-order valence-corrected chi connectivity index (χ1v) is 12.5.